The van der Waals surface area contributed by atoms with Gasteiger partial charge in [0, 0.05) is 23.7 Å². The number of ether oxygens (including phenoxy) is 1. The first-order valence-electron chi connectivity index (χ1n) is 16.1. The first-order valence-corrected chi connectivity index (χ1v) is 16.1. The number of aliphatic carboxylic acids is 2. The van der Waals surface area contributed by atoms with Gasteiger partial charge in [-0.3, -0.25) is 9.59 Å². The number of hydrogen-bond acceptors (Lipinski definition) is 9. The predicted octanol–water partition coefficient (Wildman–Crippen LogP) is 5.99. The van der Waals surface area contributed by atoms with E-state index in [0.717, 1.165) is 29.8 Å². The number of anilines is 1. The maximum absolute atomic E-state index is 13.6. The lowest BCUT2D eigenvalue weighted by molar-refractivity contribution is -0.192. The highest BCUT2D eigenvalue weighted by molar-refractivity contribution is 5.96. The highest BCUT2D eigenvalue weighted by atomic mass is 19.4. The van der Waals surface area contributed by atoms with Crippen LogP contribution in [0, 0.1) is 12.8 Å². The fourth-order valence-corrected chi connectivity index (χ4v) is 5.12. The molecular weight excluding hydrogens is 675 g/mol. The van der Waals surface area contributed by atoms with Crippen LogP contribution >= 0.6 is 0 Å². The number of carbonyl (C=O) groups is 3. The topological polar surface area (TPSA) is 186 Å². The SMILES string of the molecule is CCCC[C@@H](C(=O)Nc1ccc2c(C)c(CC(=O)O)c(=O)oc2c1)n1cc([C@@](C)(NCc2ccc(OC)cc2)C(C)C)nn1.O=C(O)C(F)(F)F. The fourth-order valence-electron chi connectivity index (χ4n) is 5.12. The van der Waals surface area contributed by atoms with Gasteiger partial charge in [-0.1, -0.05) is 51.0 Å². The Labute approximate surface area is 291 Å². The van der Waals surface area contributed by atoms with Gasteiger partial charge in [-0.2, -0.15) is 13.2 Å². The number of nitrogens with one attached hydrogen (secondary N) is 2. The molecule has 0 radical (unpaired) electrons. The molecule has 0 fully saturated rings. The summed E-state index contributed by atoms with van der Waals surface area (Å²) in [4.78, 5) is 46.2. The van der Waals surface area contributed by atoms with E-state index >= 15 is 0 Å². The maximum atomic E-state index is 13.6. The van der Waals surface area contributed by atoms with Gasteiger partial charge in [-0.25, -0.2) is 14.3 Å². The summed E-state index contributed by atoms with van der Waals surface area (Å²) in [6.45, 7) is 10.7. The molecule has 0 saturated carbocycles. The van der Waals surface area contributed by atoms with Crippen LogP contribution in [0.4, 0.5) is 18.9 Å². The van der Waals surface area contributed by atoms with Gasteiger partial charge in [0.25, 0.3) is 0 Å². The van der Waals surface area contributed by atoms with Crippen molar-refractivity contribution in [2.45, 2.75) is 84.6 Å². The van der Waals surface area contributed by atoms with Gasteiger partial charge in [-0.05, 0) is 61.6 Å². The zero-order chi connectivity index (χ0) is 38.1. The number of carboxylic acid groups (broad SMARTS) is 2. The molecule has 4 N–H and O–H groups in total. The zero-order valence-corrected chi connectivity index (χ0v) is 29.1. The Bertz CT molecular complexity index is 1890. The van der Waals surface area contributed by atoms with Crippen LogP contribution in [0.25, 0.3) is 11.0 Å². The van der Waals surface area contributed by atoms with Crippen molar-refractivity contribution in [1.29, 1.82) is 0 Å². The smallest absolute Gasteiger partial charge is 0.490 e. The van der Waals surface area contributed by atoms with Gasteiger partial charge in [0.2, 0.25) is 5.91 Å². The summed E-state index contributed by atoms with van der Waals surface area (Å²) in [7, 11) is 1.64. The van der Waals surface area contributed by atoms with Crippen molar-refractivity contribution in [3.8, 4) is 5.75 Å². The number of rotatable bonds is 14. The van der Waals surface area contributed by atoms with E-state index in [1.807, 2.05) is 30.5 Å². The maximum Gasteiger partial charge on any atom is 0.490 e. The van der Waals surface area contributed by atoms with Gasteiger partial charge in [-0.15, -0.1) is 5.10 Å². The average molecular weight is 718 g/mol. The minimum Gasteiger partial charge on any atom is -0.497 e. The zero-order valence-electron chi connectivity index (χ0n) is 29.1. The fraction of sp³-hybridized carbons (Fsp3) is 0.429. The van der Waals surface area contributed by atoms with E-state index in [1.54, 1.807) is 36.9 Å². The first kappa shape index (κ1) is 40.2. The molecule has 276 valence electrons. The second kappa shape index (κ2) is 17.1. The molecule has 2 atom stereocenters. The van der Waals surface area contributed by atoms with Crippen LogP contribution in [0.2, 0.25) is 0 Å². The normalized spacial score (nSPS) is 13.2. The number of carbonyl (C=O) groups excluding carboxylic acids is 1. The predicted molar refractivity (Wildman–Crippen MR) is 181 cm³/mol. The van der Waals surface area contributed by atoms with Gasteiger partial charge in [0.15, 0.2) is 0 Å². The van der Waals surface area contributed by atoms with Crippen LogP contribution in [0.1, 0.15) is 75.4 Å². The molecule has 0 saturated heterocycles. The van der Waals surface area contributed by atoms with E-state index in [1.165, 1.54) is 0 Å². The molecule has 0 unspecified atom stereocenters. The standard InChI is InChI=1S/C33H41N5O6.C2HF3O2/c1-7-8-9-27(31(41)35-23-12-15-25-21(4)26(17-30(39)40)32(42)44-28(25)16-23)38-19-29(36-37-38)33(5,20(2)3)34-18-22-10-13-24(43-6)14-11-22;3-2(4,5)1(6)7/h10-16,19-20,27,34H,7-9,17-18H2,1-6H3,(H,35,41)(H,39,40);(H,6,7)/t27-,33-;/m0./s1. The van der Waals surface area contributed by atoms with Gasteiger partial charge >= 0.3 is 23.7 Å². The number of methoxy groups -OCH3 is 1. The van der Waals surface area contributed by atoms with Crippen molar-refractivity contribution < 1.29 is 46.9 Å². The van der Waals surface area contributed by atoms with Crippen LogP contribution < -0.4 is 21.0 Å². The molecule has 0 aliphatic carbocycles. The molecule has 4 rings (SSSR count). The number of amides is 1. The van der Waals surface area contributed by atoms with Crippen LogP contribution in [-0.2, 0) is 32.9 Å². The summed E-state index contributed by atoms with van der Waals surface area (Å²) in [5.74, 6) is -3.17. The number of unbranched alkanes of at least 4 members (excludes halogenated alkanes) is 1. The second-order valence-corrected chi connectivity index (χ2v) is 12.4. The molecule has 16 heteroatoms. The number of benzene rings is 2. The van der Waals surface area contributed by atoms with Crippen LogP contribution in [-0.4, -0.2) is 56.3 Å². The van der Waals surface area contributed by atoms with Crippen molar-refractivity contribution in [3.05, 3.63) is 81.5 Å². The summed E-state index contributed by atoms with van der Waals surface area (Å²) in [5.41, 5.74) is 1.98. The number of alkyl halides is 3. The van der Waals surface area contributed by atoms with E-state index < -0.39 is 41.7 Å². The van der Waals surface area contributed by atoms with E-state index in [-0.39, 0.29) is 23.0 Å². The number of halogens is 3. The lowest BCUT2D eigenvalue weighted by Crippen LogP contribution is -2.44. The molecule has 0 spiro atoms. The highest BCUT2D eigenvalue weighted by Crippen LogP contribution is 2.30. The number of aromatic nitrogens is 3. The summed E-state index contributed by atoms with van der Waals surface area (Å²) < 4.78 is 44.1. The third-order valence-electron chi connectivity index (χ3n) is 8.59. The second-order valence-electron chi connectivity index (χ2n) is 12.4. The van der Waals surface area contributed by atoms with Crippen LogP contribution in [0.15, 0.2) is 57.9 Å². The van der Waals surface area contributed by atoms with E-state index in [2.05, 4.69) is 48.6 Å². The van der Waals surface area contributed by atoms with Crippen molar-refractivity contribution in [3.63, 3.8) is 0 Å². The van der Waals surface area contributed by atoms with Crippen molar-refractivity contribution in [2.75, 3.05) is 12.4 Å². The Morgan fingerprint density at radius 3 is 2.27 bits per heavy atom. The molecule has 13 nitrogen and oxygen atoms in total. The van der Waals surface area contributed by atoms with Crippen LogP contribution in [0.3, 0.4) is 0 Å². The summed E-state index contributed by atoms with van der Waals surface area (Å²) in [6, 6.07) is 12.3. The Balaban J connectivity index is 0.000000908. The van der Waals surface area contributed by atoms with E-state index in [0.29, 0.717) is 29.6 Å². The summed E-state index contributed by atoms with van der Waals surface area (Å²) in [5, 5.41) is 32.4. The molecule has 0 aliphatic heterocycles. The Morgan fingerprint density at radius 1 is 1.08 bits per heavy atom. The molecule has 0 aliphatic rings. The summed E-state index contributed by atoms with van der Waals surface area (Å²) >= 11 is 0. The van der Waals surface area contributed by atoms with E-state index in [4.69, 9.17) is 24.2 Å². The molecule has 2 aromatic carbocycles. The molecule has 2 heterocycles. The van der Waals surface area contributed by atoms with E-state index in [9.17, 15) is 27.6 Å². The quantitative estimate of drug-likeness (QED) is 0.112. The lowest BCUT2D eigenvalue weighted by atomic mass is 9.85. The summed E-state index contributed by atoms with van der Waals surface area (Å²) in [6.07, 6.45) is -1.40. The third kappa shape index (κ3) is 10.4. The molecule has 4 aromatic rings. The first-order chi connectivity index (χ1) is 23.9. The van der Waals surface area contributed by atoms with Gasteiger partial charge < -0.3 is 30.0 Å². The Morgan fingerprint density at radius 2 is 1.73 bits per heavy atom. The lowest BCUT2D eigenvalue weighted by Gasteiger charge is -2.33. The number of nitrogens with zero attached hydrogens (tertiary/aromatic N) is 3. The van der Waals surface area contributed by atoms with Crippen molar-refractivity contribution in [2.24, 2.45) is 5.92 Å². The molecule has 1 amide bonds. The average Bonchev–Trinajstić information content (AvgIpc) is 3.56. The minimum absolute atomic E-state index is 0.107. The minimum atomic E-state index is -5.08. The number of carboxylic acids is 2. The third-order valence-corrected chi connectivity index (χ3v) is 8.59. The van der Waals surface area contributed by atoms with Gasteiger partial charge in [0.05, 0.1) is 30.8 Å². The molecule has 51 heavy (non-hydrogen) atoms. The largest absolute Gasteiger partial charge is 0.497 e. The van der Waals surface area contributed by atoms with Crippen molar-refractivity contribution >= 4 is 34.5 Å². The monoisotopic (exact) mass is 717 g/mol. The Hall–Kier alpha value is -5.25. The molecule has 2 aromatic heterocycles. The van der Waals surface area contributed by atoms with Crippen LogP contribution in [0.5, 0.6) is 5.75 Å². The number of hydrogen-bond donors (Lipinski definition) is 4. The highest BCUT2D eigenvalue weighted by Gasteiger charge is 2.38. The number of aryl methyl sites for hydroxylation is 1. The number of fused-ring (bicyclic) bond motifs is 1. The Kier molecular flexibility index (Phi) is 13.5. The molecule has 0 bridgehead atoms. The molecular formula is C35H42F3N5O8. The van der Waals surface area contributed by atoms with Crippen molar-refractivity contribution in [1.82, 2.24) is 20.3 Å². The van der Waals surface area contributed by atoms with Gasteiger partial charge in [0.1, 0.15) is 23.1 Å².